The highest BCUT2D eigenvalue weighted by Crippen LogP contribution is 2.21. The molecular weight excluding hydrogens is 241 g/mol. The zero-order valence-electron chi connectivity index (χ0n) is 9.41. The molecule has 0 aromatic carbocycles. The molecule has 96 valence electrons. The molecule has 3 N–H and O–H groups in total. The summed E-state index contributed by atoms with van der Waals surface area (Å²) in [6.45, 7) is -0.0409. The van der Waals surface area contributed by atoms with E-state index >= 15 is 0 Å². The second kappa shape index (κ2) is 4.69. The third-order valence-corrected chi connectivity index (χ3v) is 2.86. The van der Waals surface area contributed by atoms with E-state index in [1.54, 1.807) is 0 Å². The Morgan fingerprint density at radius 1 is 1.56 bits per heavy atom. The van der Waals surface area contributed by atoms with Crippen LogP contribution in [0, 0.1) is 5.95 Å². The van der Waals surface area contributed by atoms with Gasteiger partial charge < -0.3 is 15.7 Å². The number of primary amides is 1. The van der Waals surface area contributed by atoms with Gasteiger partial charge in [0.1, 0.15) is 6.04 Å². The molecule has 1 aliphatic heterocycles. The van der Waals surface area contributed by atoms with Crippen molar-refractivity contribution in [1.82, 2.24) is 9.88 Å². The Hall–Kier alpha value is -2.02. The Labute approximate surface area is 102 Å². The smallest absolute Gasteiger partial charge is 0.259 e. The number of pyridine rings is 1. The summed E-state index contributed by atoms with van der Waals surface area (Å²) in [5.74, 6) is -2.32. The molecule has 1 fully saturated rings. The van der Waals surface area contributed by atoms with Crippen molar-refractivity contribution in [3.05, 3.63) is 29.8 Å². The zero-order chi connectivity index (χ0) is 13.3. The molecule has 0 radical (unpaired) electrons. The molecule has 0 saturated carbocycles. The third kappa shape index (κ3) is 2.17. The van der Waals surface area contributed by atoms with Crippen LogP contribution in [-0.4, -0.2) is 45.5 Å². The van der Waals surface area contributed by atoms with Crippen LogP contribution in [0.5, 0.6) is 0 Å². The van der Waals surface area contributed by atoms with E-state index in [4.69, 9.17) is 5.73 Å². The fourth-order valence-corrected chi connectivity index (χ4v) is 2.01. The van der Waals surface area contributed by atoms with Crippen molar-refractivity contribution < 1.29 is 19.1 Å². The number of nitrogens with two attached hydrogens (primary N) is 1. The van der Waals surface area contributed by atoms with Crippen LogP contribution >= 0.6 is 0 Å². The first-order valence-electron chi connectivity index (χ1n) is 5.39. The molecule has 1 saturated heterocycles. The lowest BCUT2D eigenvalue weighted by Gasteiger charge is -2.21. The molecule has 2 heterocycles. The van der Waals surface area contributed by atoms with E-state index < -0.39 is 29.9 Å². The summed E-state index contributed by atoms with van der Waals surface area (Å²) in [7, 11) is 0. The van der Waals surface area contributed by atoms with Crippen LogP contribution in [-0.2, 0) is 4.79 Å². The minimum atomic E-state index is -0.910. The number of hydrogen-bond acceptors (Lipinski definition) is 4. The molecule has 2 amide bonds. The van der Waals surface area contributed by atoms with Crippen molar-refractivity contribution in [2.45, 2.75) is 18.6 Å². The Morgan fingerprint density at radius 2 is 2.28 bits per heavy atom. The average molecular weight is 253 g/mol. The SMILES string of the molecule is NC(=O)C1CC(O)CN1C(=O)c1cccnc1F. The Bertz CT molecular complexity index is 494. The van der Waals surface area contributed by atoms with Gasteiger partial charge in [0.2, 0.25) is 11.9 Å². The van der Waals surface area contributed by atoms with Crippen LogP contribution < -0.4 is 5.73 Å². The Kier molecular flexibility index (Phi) is 3.24. The van der Waals surface area contributed by atoms with Crippen LogP contribution in [0.1, 0.15) is 16.8 Å². The standard InChI is InChI=1S/C11H12FN3O3/c12-9-7(2-1-3-14-9)11(18)15-5-6(16)4-8(15)10(13)17/h1-3,6,8,16H,4-5H2,(H2,13,17). The minimum Gasteiger partial charge on any atom is -0.391 e. The van der Waals surface area contributed by atoms with Gasteiger partial charge in [-0.15, -0.1) is 0 Å². The molecule has 1 aromatic rings. The maximum Gasteiger partial charge on any atom is 0.259 e. The Morgan fingerprint density at radius 3 is 2.89 bits per heavy atom. The van der Waals surface area contributed by atoms with Gasteiger partial charge >= 0.3 is 0 Å². The van der Waals surface area contributed by atoms with E-state index in [0.29, 0.717) is 0 Å². The van der Waals surface area contributed by atoms with E-state index in [1.807, 2.05) is 0 Å². The number of aromatic nitrogens is 1. The van der Waals surface area contributed by atoms with Gasteiger partial charge in [0.25, 0.3) is 5.91 Å². The summed E-state index contributed by atoms with van der Waals surface area (Å²) in [6.07, 6.45) is 0.464. The van der Waals surface area contributed by atoms with Crippen molar-refractivity contribution >= 4 is 11.8 Å². The van der Waals surface area contributed by atoms with Crippen LogP contribution in [0.2, 0.25) is 0 Å². The lowest BCUT2D eigenvalue weighted by atomic mass is 10.1. The lowest BCUT2D eigenvalue weighted by Crippen LogP contribution is -2.44. The van der Waals surface area contributed by atoms with Gasteiger partial charge in [0.15, 0.2) is 0 Å². The first-order chi connectivity index (χ1) is 8.50. The number of aliphatic hydroxyl groups excluding tert-OH is 1. The summed E-state index contributed by atoms with van der Waals surface area (Å²) >= 11 is 0. The molecular formula is C11H12FN3O3. The highest BCUT2D eigenvalue weighted by Gasteiger charge is 2.38. The van der Waals surface area contributed by atoms with Gasteiger partial charge in [0.05, 0.1) is 11.7 Å². The summed E-state index contributed by atoms with van der Waals surface area (Å²) in [6, 6.07) is 1.78. The number of halogens is 1. The third-order valence-electron chi connectivity index (χ3n) is 2.86. The predicted molar refractivity (Wildman–Crippen MR) is 58.8 cm³/mol. The summed E-state index contributed by atoms with van der Waals surface area (Å²) in [4.78, 5) is 27.7. The molecule has 0 bridgehead atoms. The van der Waals surface area contributed by atoms with Crippen molar-refractivity contribution in [2.24, 2.45) is 5.73 Å². The van der Waals surface area contributed by atoms with E-state index in [2.05, 4.69) is 4.98 Å². The van der Waals surface area contributed by atoms with Gasteiger partial charge in [-0.05, 0) is 12.1 Å². The molecule has 2 atom stereocenters. The normalized spacial score (nSPS) is 23.1. The number of β-amino-alcohol motifs (C(OH)–C–C–N with tert-alkyl or cyclic N) is 1. The fraction of sp³-hybridized carbons (Fsp3) is 0.364. The summed E-state index contributed by atoms with van der Waals surface area (Å²) in [5, 5.41) is 9.47. The molecule has 18 heavy (non-hydrogen) atoms. The number of rotatable bonds is 2. The second-order valence-electron chi connectivity index (χ2n) is 4.11. The topological polar surface area (TPSA) is 96.5 Å². The van der Waals surface area contributed by atoms with Gasteiger partial charge in [-0.25, -0.2) is 4.98 Å². The maximum absolute atomic E-state index is 13.4. The largest absolute Gasteiger partial charge is 0.391 e. The van der Waals surface area contributed by atoms with Gasteiger partial charge in [-0.2, -0.15) is 4.39 Å². The quantitative estimate of drug-likeness (QED) is 0.680. The van der Waals surface area contributed by atoms with E-state index in [-0.39, 0.29) is 18.5 Å². The van der Waals surface area contributed by atoms with Gasteiger partial charge in [0, 0.05) is 19.2 Å². The van der Waals surface area contributed by atoms with Gasteiger partial charge in [-0.1, -0.05) is 0 Å². The molecule has 6 nitrogen and oxygen atoms in total. The van der Waals surface area contributed by atoms with Crippen LogP contribution in [0.4, 0.5) is 4.39 Å². The van der Waals surface area contributed by atoms with Gasteiger partial charge in [-0.3, -0.25) is 9.59 Å². The number of carbonyl (C=O) groups is 2. The molecule has 0 aliphatic carbocycles. The molecule has 1 aromatic heterocycles. The lowest BCUT2D eigenvalue weighted by molar-refractivity contribution is -0.121. The van der Waals surface area contributed by atoms with Crippen LogP contribution in [0.3, 0.4) is 0 Å². The second-order valence-corrected chi connectivity index (χ2v) is 4.11. The number of likely N-dealkylation sites (tertiary alicyclic amines) is 1. The zero-order valence-corrected chi connectivity index (χ0v) is 9.41. The van der Waals surface area contributed by atoms with Crippen molar-refractivity contribution in [3.63, 3.8) is 0 Å². The summed E-state index contributed by atoms with van der Waals surface area (Å²) < 4.78 is 13.4. The summed E-state index contributed by atoms with van der Waals surface area (Å²) in [5.41, 5.74) is 4.91. The van der Waals surface area contributed by atoms with E-state index in [1.165, 1.54) is 18.3 Å². The molecule has 7 heteroatoms. The number of carbonyl (C=O) groups excluding carboxylic acids is 2. The minimum absolute atomic E-state index is 0.0409. The highest BCUT2D eigenvalue weighted by atomic mass is 19.1. The first kappa shape index (κ1) is 12.4. The number of nitrogens with zero attached hydrogens (tertiary/aromatic N) is 2. The maximum atomic E-state index is 13.4. The van der Waals surface area contributed by atoms with Crippen LogP contribution in [0.15, 0.2) is 18.3 Å². The van der Waals surface area contributed by atoms with Crippen molar-refractivity contribution in [2.75, 3.05) is 6.54 Å². The number of aliphatic hydroxyl groups is 1. The van der Waals surface area contributed by atoms with Crippen LogP contribution in [0.25, 0.3) is 0 Å². The highest BCUT2D eigenvalue weighted by molar-refractivity contribution is 5.97. The van der Waals surface area contributed by atoms with E-state index in [9.17, 15) is 19.1 Å². The number of hydrogen-bond donors (Lipinski definition) is 2. The molecule has 0 spiro atoms. The monoisotopic (exact) mass is 253 g/mol. The van der Waals surface area contributed by atoms with Crippen molar-refractivity contribution in [1.29, 1.82) is 0 Å². The molecule has 1 aliphatic rings. The number of amides is 2. The van der Waals surface area contributed by atoms with E-state index in [0.717, 1.165) is 4.90 Å². The van der Waals surface area contributed by atoms with Crippen molar-refractivity contribution in [3.8, 4) is 0 Å². The molecule has 2 unspecified atom stereocenters. The molecule has 2 rings (SSSR count). The predicted octanol–water partition coefficient (Wildman–Crippen LogP) is -0.719. The Balaban J connectivity index is 2.28. The first-order valence-corrected chi connectivity index (χ1v) is 5.39. The fourth-order valence-electron chi connectivity index (χ4n) is 2.01. The average Bonchev–Trinajstić information content (AvgIpc) is 2.71.